The van der Waals surface area contributed by atoms with Crippen LogP contribution in [0.5, 0.6) is 0 Å². The Morgan fingerprint density at radius 2 is 2.12 bits per heavy atom. The number of fused-ring (bicyclic) bond motifs is 1. The Bertz CT molecular complexity index is 799. The normalized spacial score (nSPS) is 17.8. The van der Waals surface area contributed by atoms with Gasteiger partial charge in [-0.25, -0.2) is 0 Å². The number of aryl methyl sites for hydroxylation is 4. The average Bonchev–Trinajstić information content (AvgIpc) is 3.15. The highest BCUT2D eigenvalue weighted by Crippen LogP contribution is 2.46. The van der Waals surface area contributed by atoms with E-state index in [1.807, 2.05) is 6.92 Å². The summed E-state index contributed by atoms with van der Waals surface area (Å²) in [6.45, 7) is 5.78. The fraction of sp³-hybridized carbons (Fsp3) is 0.650. The molecule has 2 aromatic rings. The van der Waals surface area contributed by atoms with Crippen molar-refractivity contribution >= 4 is 5.91 Å². The zero-order valence-corrected chi connectivity index (χ0v) is 15.9. The summed E-state index contributed by atoms with van der Waals surface area (Å²) in [5.74, 6) is 0.136. The first-order valence-corrected chi connectivity index (χ1v) is 9.87. The summed E-state index contributed by atoms with van der Waals surface area (Å²) in [5.41, 5.74) is 6.21. The van der Waals surface area contributed by atoms with Crippen LogP contribution in [0.15, 0.2) is 6.07 Å². The summed E-state index contributed by atoms with van der Waals surface area (Å²) in [5, 5.41) is 15.3. The summed E-state index contributed by atoms with van der Waals surface area (Å²) in [4.78, 5) is 12.3. The van der Waals surface area contributed by atoms with Crippen molar-refractivity contribution in [2.45, 2.75) is 71.8 Å². The first-order valence-electron chi connectivity index (χ1n) is 9.87. The zero-order valence-electron chi connectivity index (χ0n) is 15.9. The fourth-order valence-electron chi connectivity index (χ4n) is 4.08. The van der Waals surface area contributed by atoms with Crippen LogP contribution in [0.3, 0.4) is 0 Å². The van der Waals surface area contributed by atoms with Crippen LogP contribution in [0.25, 0.3) is 0 Å². The van der Waals surface area contributed by atoms with Crippen LogP contribution in [-0.2, 0) is 30.6 Å². The molecule has 2 aliphatic carbocycles. The van der Waals surface area contributed by atoms with Gasteiger partial charge in [0.2, 0.25) is 5.91 Å². The molecule has 0 unspecified atom stereocenters. The maximum absolute atomic E-state index is 12.3. The molecular weight excluding hydrogens is 326 g/mol. The third-order valence-corrected chi connectivity index (χ3v) is 5.94. The van der Waals surface area contributed by atoms with Gasteiger partial charge in [-0.05, 0) is 64.0 Å². The minimum atomic E-state index is 0.136. The Kier molecular flexibility index (Phi) is 4.59. The van der Waals surface area contributed by atoms with Crippen molar-refractivity contribution in [3.8, 4) is 0 Å². The lowest BCUT2D eigenvalue weighted by Gasteiger charge is -2.17. The number of hydrogen-bond donors (Lipinski definition) is 2. The minimum Gasteiger partial charge on any atom is -0.355 e. The molecule has 0 radical (unpaired) electrons. The smallest absolute Gasteiger partial charge is 0.220 e. The first kappa shape index (κ1) is 17.3. The van der Waals surface area contributed by atoms with Crippen molar-refractivity contribution in [2.24, 2.45) is 5.41 Å². The lowest BCUT2D eigenvalue weighted by Crippen LogP contribution is -2.33. The summed E-state index contributed by atoms with van der Waals surface area (Å²) >= 11 is 0. The van der Waals surface area contributed by atoms with E-state index in [2.05, 4.69) is 38.3 Å². The van der Waals surface area contributed by atoms with Crippen LogP contribution in [0.1, 0.15) is 60.4 Å². The monoisotopic (exact) mass is 355 g/mol. The van der Waals surface area contributed by atoms with Gasteiger partial charge in [0.1, 0.15) is 0 Å². The van der Waals surface area contributed by atoms with E-state index < -0.39 is 0 Å². The number of aromatic amines is 1. The number of aromatic nitrogens is 4. The first-order chi connectivity index (χ1) is 12.5. The molecule has 0 spiro atoms. The Hall–Kier alpha value is -2.11. The SMILES string of the molecule is Cc1cc(C)n(CC2(CNC(=O)CCc3n[nH]c4c3CCCC4)CC2)n1. The molecule has 0 saturated heterocycles. The van der Waals surface area contributed by atoms with Gasteiger partial charge in [-0.15, -0.1) is 0 Å². The van der Waals surface area contributed by atoms with Gasteiger partial charge in [-0.2, -0.15) is 10.2 Å². The van der Waals surface area contributed by atoms with Crippen LogP contribution in [-0.4, -0.2) is 32.4 Å². The quantitative estimate of drug-likeness (QED) is 0.802. The molecule has 4 rings (SSSR count). The van der Waals surface area contributed by atoms with Gasteiger partial charge in [0.25, 0.3) is 0 Å². The molecule has 0 atom stereocenters. The number of H-pyrrole nitrogens is 1. The van der Waals surface area contributed by atoms with Gasteiger partial charge < -0.3 is 5.32 Å². The second-order valence-corrected chi connectivity index (χ2v) is 8.20. The zero-order chi connectivity index (χ0) is 18.1. The molecule has 6 nitrogen and oxygen atoms in total. The van der Waals surface area contributed by atoms with Crippen molar-refractivity contribution in [3.63, 3.8) is 0 Å². The predicted molar refractivity (Wildman–Crippen MR) is 99.9 cm³/mol. The molecule has 140 valence electrons. The number of amides is 1. The van der Waals surface area contributed by atoms with Crippen molar-refractivity contribution in [1.29, 1.82) is 0 Å². The van der Waals surface area contributed by atoms with E-state index in [1.165, 1.54) is 42.6 Å². The molecule has 0 aliphatic heterocycles. The molecule has 2 N–H and O–H groups in total. The Balaban J connectivity index is 1.26. The third kappa shape index (κ3) is 3.69. The summed E-state index contributed by atoms with van der Waals surface area (Å²) in [6, 6.07) is 2.11. The van der Waals surface area contributed by atoms with Crippen LogP contribution in [0.2, 0.25) is 0 Å². The highest BCUT2D eigenvalue weighted by Gasteiger charge is 2.43. The standard InChI is InChI=1S/C20H29N5O/c1-14-11-15(2)25(24-14)13-20(9-10-20)12-21-19(26)8-7-18-16-5-3-4-6-17(16)22-23-18/h11H,3-10,12-13H2,1-2H3,(H,21,26)(H,22,23). The molecule has 1 saturated carbocycles. The molecule has 26 heavy (non-hydrogen) atoms. The summed E-state index contributed by atoms with van der Waals surface area (Å²) in [7, 11) is 0. The van der Waals surface area contributed by atoms with Gasteiger partial charge in [0.05, 0.1) is 11.4 Å². The Morgan fingerprint density at radius 1 is 1.31 bits per heavy atom. The molecule has 2 heterocycles. The largest absolute Gasteiger partial charge is 0.355 e. The number of nitrogens with one attached hydrogen (secondary N) is 2. The predicted octanol–water partition coefficient (Wildman–Crippen LogP) is 2.63. The molecule has 0 aromatic carbocycles. The molecular formula is C20H29N5O. The van der Waals surface area contributed by atoms with Crippen LogP contribution < -0.4 is 5.32 Å². The number of carbonyl (C=O) groups is 1. The van der Waals surface area contributed by atoms with E-state index in [4.69, 9.17) is 0 Å². The highest BCUT2D eigenvalue weighted by molar-refractivity contribution is 5.76. The number of hydrogen-bond acceptors (Lipinski definition) is 3. The van der Waals surface area contributed by atoms with E-state index in [0.717, 1.165) is 43.7 Å². The second-order valence-electron chi connectivity index (χ2n) is 8.20. The Labute approximate surface area is 154 Å². The van der Waals surface area contributed by atoms with Crippen molar-refractivity contribution < 1.29 is 4.79 Å². The van der Waals surface area contributed by atoms with Crippen LogP contribution in [0.4, 0.5) is 0 Å². The molecule has 1 fully saturated rings. The number of rotatable bonds is 7. The van der Waals surface area contributed by atoms with Gasteiger partial charge in [0.15, 0.2) is 0 Å². The number of nitrogens with zero attached hydrogens (tertiary/aromatic N) is 3. The van der Waals surface area contributed by atoms with E-state index in [1.54, 1.807) is 0 Å². The van der Waals surface area contributed by atoms with Crippen molar-refractivity contribution in [1.82, 2.24) is 25.3 Å². The molecule has 2 aromatic heterocycles. The van der Waals surface area contributed by atoms with Crippen LogP contribution in [0, 0.1) is 19.3 Å². The van der Waals surface area contributed by atoms with E-state index in [9.17, 15) is 4.79 Å². The summed E-state index contributed by atoms with van der Waals surface area (Å²) in [6.07, 6.45) is 8.28. The third-order valence-electron chi connectivity index (χ3n) is 5.94. The minimum absolute atomic E-state index is 0.136. The second kappa shape index (κ2) is 6.89. The van der Waals surface area contributed by atoms with Crippen molar-refractivity contribution in [2.75, 3.05) is 6.54 Å². The highest BCUT2D eigenvalue weighted by atomic mass is 16.1. The lowest BCUT2D eigenvalue weighted by atomic mass is 9.94. The topological polar surface area (TPSA) is 75.6 Å². The fourth-order valence-corrected chi connectivity index (χ4v) is 4.08. The van der Waals surface area contributed by atoms with Gasteiger partial charge in [0, 0.05) is 42.7 Å². The van der Waals surface area contributed by atoms with Crippen LogP contribution >= 0.6 is 0 Å². The maximum atomic E-state index is 12.3. The van der Waals surface area contributed by atoms with E-state index >= 15 is 0 Å². The van der Waals surface area contributed by atoms with Gasteiger partial charge >= 0.3 is 0 Å². The Morgan fingerprint density at radius 3 is 2.85 bits per heavy atom. The molecule has 1 amide bonds. The number of carbonyl (C=O) groups excluding carboxylic acids is 1. The maximum Gasteiger partial charge on any atom is 0.220 e. The van der Waals surface area contributed by atoms with Crippen molar-refractivity contribution in [3.05, 3.63) is 34.4 Å². The van der Waals surface area contributed by atoms with E-state index in [-0.39, 0.29) is 11.3 Å². The molecule has 6 heteroatoms. The molecule has 0 bridgehead atoms. The lowest BCUT2D eigenvalue weighted by molar-refractivity contribution is -0.121. The average molecular weight is 355 g/mol. The summed E-state index contributed by atoms with van der Waals surface area (Å²) < 4.78 is 2.09. The molecule has 2 aliphatic rings. The van der Waals surface area contributed by atoms with E-state index in [0.29, 0.717) is 6.42 Å². The van der Waals surface area contributed by atoms with Gasteiger partial charge in [-0.1, -0.05) is 0 Å². The van der Waals surface area contributed by atoms with Gasteiger partial charge in [-0.3, -0.25) is 14.6 Å².